The molecule has 0 saturated carbocycles. The van der Waals surface area contributed by atoms with Gasteiger partial charge in [0.05, 0.1) is 17.9 Å². The third-order valence-electron chi connectivity index (χ3n) is 2.68. The number of carbonyl (C=O) groups excluding carboxylic acids is 1. The molecule has 1 amide bonds. The minimum Gasteiger partial charge on any atom is -0.348 e. The van der Waals surface area contributed by atoms with Crippen molar-refractivity contribution in [1.82, 2.24) is 25.3 Å². The summed E-state index contributed by atoms with van der Waals surface area (Å²) < 4.78 is 1.47. The SMILES string of the molecule is C[C@@H](NC(=O)Cn1cc(CN)nn1)c1ccncc1. The number of pyridine rings is 1. The van der Waals surface area contributed by atoms with Gasteiger partial charge < -0.3 is 11.1 Å². The van der Waals surface area contributed by atoms with E-state index >= 15 is 0 Å². The predicted octanol–water partition coefficient (Wildman–Crippen LogP) is 0.00920. The fourth-order valence-corrected chi connectivity index (χ4v) is 1.68. The van der Waals surface area contributed by atoms with Crippen molar-refractivity contribution < 1.29 is 4.79 Å². The molecule has 0 aromatic carbocycles. The minimum atomic E-state index is -0.127. The molecule has 2 rings (SSSR count). The van der Waals surface area contributed by atoms with E-state index in [-0.39, 0.29) is 18.5 Å². The third kappa shape index (κ3) is 3.59. The number of amides is 1. The molecule has 0 radical (unpaired) electrons. The number of hydrogen-bond acceptors (Lipinski definition) is 5. The van der Waals surface area contributed by atoms with E-state index in [1.807, 2.05) is 19.1 Å². The second-order valence-corrected chi connectivity index (χ2v) is 4.18. The highest BCUT2D eigenvalue weighted by Gasteiger charge is 2.10. The van der Waals surface area contributed by atoms with E-state index in [1.54, 1.807) is 18.6 Å². The highest BCUT2D eigenvalue weighted by molar-refractivity contribution is 5.76. The summed E-state index contributed by atoms with van der Waals surface area (Å²) in [4.78, 5) is 15.8. The topological polar surface area (TPSA) is 98.7 Å². The summed E-state index contributed by atoms with van der Waals surface area (Å²) in [6.45, 7) is 2.36. The number of nitrogens with one attached hydrogen (secondary N) is 1. The molecule has 2 aromatic heterocycles. The van der Waals surface area contributed by atoms with Gasteiger partial charge in [-0.05, 0) is 24.6 Å². The van der Waals surface area contributed by atoms with Crippen LogP contribution in [0.25, 0.3) is 0 Å². The van der Waals surface area contributed by atoms with Crippen molar-refractivity contribution in [3.63, 3.8) is 0 Å². The number of nitrogens with two attached hydrogens (primary N) is 1. The zero-order valence-electron chi connectivity index (χ0n) is 10.7. The molecule has 0 saturated heterocycles. The molecule has 0 fully saturated rings. The van der Waals surface area contributed by atoms with Crippen LogP contribution in [-0.2, 0) is 17.9 Å². The van der Waals surface area contributed by atoms with E-state index in [0.717, 1.165) is 5.56 Å². The van der Waals surface area contributed by atoms with Crippen molar-refractivity contribution in [3.05, 3.63) is 42.0 Å². The van der Waals surface area contributed by atoms with Crippen LogP contribution < -0.4 is 11.1 Å². The number of nitrogens with zero attached hydrogens (tertiary/aromatic N) is 4. The van der Waals surface area contributed by atoms with Crippen molar-refractivity contribution in [2.24, 2.45) is 5.73 Å². The summed E-state index contributed by atoms with van der Waals surface area (Å²) in [5, 5.41) is 10.5. The molecule has 0 bridgehead atoms. The first-order chi connectivity index (χ1) is 9.19. The lowest BCUT2D eigenvalue weighted by Gasteiger charge is -2.13. The molecule has 0 aliphatic heterocycles. The molecule has 0 unspecified atom stereocenters. The van der Waals surface area contributed by atoms with Crippen molar-refractivity contribution in [2.75, 3.05) is 0 Å². The highest BCUT2D eigenvalue weighted by atomic mass is 16.2. The summed E-state index contributed by atoms with van der Waals surface area (Å²) in [5.74, 6) is -0.127. The van der Waals surface area contributed by atoms with Crippen molar-refractivity contribution in [3.8, 4) is 0 Å². The molecule has 0 aliphatic carbocycles. The fraction of sp³-hybridized carbons (Fsp3) is 0.333. The second kappa shape index (κ2) is 6.05. The van der Waals surface area contributed by atoms with Gasteiger partial charge in [0.2, 0.25) is 5.91 Å². The van der Waals surface area contributed by atoms with Crippen LogP contribution in [-0.4, -0.2) is 25.9 Å². The lowest BCUT2D eigenvalue weighted by Crippen LogP contribution is -2.30. The van der Waals surface area contributed by atoms with Crippen LogP contribution in [0.2, 0.25) is 0 Å². The van der Waals surface area contributed by atoms with Crippen molar-refractivity contribution in [1.29, 1.82) is 0 Å². The molecule has 2 heterocycles. The Hall–Kier alpha value is -2.28. The standard InChI is InChI=1S/C12H16N6O/c1-9(10-2-4-14-5-3-10)15-12(19)8-18-7-11(6-13)16-17-18/h2-5,7,9H,6,8,13H2,1H3,(H,15,19)/t9-/m1/s1. The zero-order chi connectivity index (χ0) is 13.7. The molecule has 7 heteroatoms. The van der Waals surface area contributed by atoms with E-state index in [9.17, 15) is 4.79 Å². The molecule has 0 spiro atoms. The van der Waals surface area contributed by atoms with Crippen LogP contribution in [0.3, 0.4) is 0 Å². The van der Waals surface area contributed by atoms with Crippen molar-refractivity contribution in [2.45, 2.75) is 26.1 Å². The van der Waals surface area contributed by atoms with Gasteiger partial charge in [0.25, 0.3) is 0 Å². The smallest absolute Gasteiger partial charge is 0.242 e. The number of rotatable bonds is 5. The first-order valence-electron chi connectivity index (χ1n) is 5.97. The van der Waals surface area contributed by atoms with Crippen LogP contribution in [0.4, 0.5) is 0 Å². The van der Waals surface area contributed by atoms with E-state index in [0.29, 0.717) is 12.2 Å². The minimum absolute atomic E-state index is 0.0759. The lowest BCUT2D eigenvalue weighted by atomic mass is 10.1. The van der Waals surface area contributed by atoms with Crippen molar-refractivity contribution >= 4 is 5.91 Å². The molecular formula is C12H16N6O. The molecule has 19 heavy (non-hydrogen) atoms. The van der Waals surface area contributed by atoms with Gasteiger partial charge in [0.15, 0.2) is 0 Å². The van der Waals surface area contributed by atoms with Crippen LogP contribution in [0.5, 0.6) is 0 Å². The summed E-state index contributed by atoms with van der Waals surface area (Å²) in [7, 11) is 0. The Kier molecular flexibility index (Phi) is 4.19. The summed E-state index contributed by atoms with van der Waals surface area (Å²) in [6.07, 6.45) is 5.06. The van der Waals surface area contributed by atoms with Gasteiger partial charge in [-0.3, -0.25) is 9.78 Å². The molecule has 0 aliphatic rings. The van der Waals surface area contributed by atoms with Crippen LogP contribution >= 0.6 is 0 Å². The molecule has 2 aromatic rings. The molecule has 7 nitrogen and oxygen atoms in total. The molecular weight excluding hydrogens is 244 g/mol. The van der Waals surface area contributed by atoms with E-state index in [2.05, 4.69) is 20.6 Å². The van der Waals surface area contributed by atoms with Crippen LogP contribution in [0.1, 0.15) is 24.2 Å². The van der Waals surface area contributed by atoms with Gasteiger partial charge in [-0.15, -0.1) is 5.10 Å². The molecule has 100 valence electrons. The average molecular weight is 260 g/mol. The maximum atomic E-state index is 11.8. The highest BCUT2D eigenvalue weighted by Crippen LogP contribution is 2.09. The first kappa shape index (κ1) is 13.2. The molecule has 1 atom stereocenters. The lowest BCUT2D eigenvalue weighted by molar-refractivity contribution is -0.122. The number of hydrogen-bond donors (Lipinski definition) is 2. The third-order valence-corrected chi connectivity index (χ3v) is 2.68. The monoisotopic (exact) mass is 260 g/mol. The van der Waals surface area contributed by atoms with E-state index in [4.69, 9.17) is 5.73 Å². The van der Waals surface area contributed by atoms with Gasteiger partial charge in [-0.25, -0.2) is 4.68 Å². The van der Waals surface area contributed by atoms with Gasteiger partial charge in [0.1, 0.15) is 6.54 Å². The van der Waals surface area contributed by atoms with E-state index < -0.39 is 0 Å². The number of carbonyl (C=O) groups is 1. The fourth-order valence-electron chi connectivity index (χ4n) is 1.68. The Balaban J connectivity index is 1.91. The summed E-state index contributed by atoms with van der Waals surface area (Å²) >= 11 is 0. The number of aromatic nitrogens is 4. The quantitative estimate of drug-likeness (QED) is 0.789. The molecule has 3 N–H and O–H groups in total. The maximum absolute atomic E-state index is 11.8. The Labute approximate surface area is 110 Å². The largest absolute Gasteiger partial charge is 0.348 e. The Morgan fingerprint density at radius 3 is 2.84 bits per heavy atom. The first-order valence-corrected chi connectivity index (χ1v) is 5.97. The predicted molar refractivity (Wildman–Crippen MR) is 68.7 cm³/mol. The van der Waals surface area contributed by atoms with Gasteiger partial charge in [0, 0.05) is 18.9 Å². The van der Waals surface area contributed by atoms with Gasteiger partial charge >= 0.3 is 0 Å². The van der Waals surface area contributed by atoms with Gasteiger partial charge in [-0.2, -0.15) is 0 Å². The van der Waals surface area contributed by atoms with Gasteiger partial charge in [-0.1, -0.05) is 5.21 Å². The average Bonchev–Trinajstić information content (AvgIpc) is 2.87. The van der Waals surface area contributed by atoms with Crippen LogP contribution in [0, 0.1) is 0 Å². The Morgan fingerprint density at radius 2 is 2.21 bits per heavy atom. The zero-order valence-corrected chi connectivity index (χ0v) is 10.7. The van der Waals surface area contributed by atoms with E-state index in [1.165, 1.54) is 4.68 Å². The summed E-state index contributed by atoms with van der Waals surface area (Å²) in [6, 6.07) is 3.66. The summed E-state index contributed by atoms with van der Waals surface area (Å²) in [5.41, 5.74) is 7.09. The Bertz CT molecular complexity index is 538. The second-order valence-electron chi connectivity index (χ2n) is 4.18. The van der Waals surface area contributed by atoms with Crippen LogP contribution in [0.15, 0.2) is 30.7 Å². The maximum Gasteiger partial charge on any atom is 0.242 e. The normalized spacial score (nSPS) is 12.1. The Morgan fingerprint density at radius 1 is 1.47 bits per heavy atom.